The summed E-state index contributed by atoms with van der Waals surface area (Å²) in [5.41, 5.74) is 14.9. The number of anilines is 1. The predicted octanol–water partition coefficient (Wildman–Crippen LogP) is 7.24. The maximum Gasteiger partial charge on any atom is 0.211 e. The molecule has 0 saturated heterocycles. The molecule has 0 spiro atoms. The van der Waals surface area contributed by atoms with Gasteiger partial charge in [-0.1, -0.05) is 42.3 Å². The molecule has 194 valence electrons. The van der Waals surface area contributed by atoms with Crippen LogP contribution < -0.4 is 11.1 Å². The van der Waals surface area contributed by atoms with Crippen molar-refractivity contribution in [3.63, 3.8) is 0 Å². The molecule has 0 radical (unpaired) electrons. The lowest BCUT2D eigenvalue weighted by Gasteiger charge is -2.20. The molecule has 4 rings (SSSR count). The molecule has 3 aromatic rings. The minimum atomic E-state index is -0.290. The Morgan fingerprint density at radius 3 is 2.54 bits per heavy atom. The Morgan fingerprint density at radius 1 is 1.19 bits per heavy atom. The van der Waals surface area contributed by atoms with Gasteiger partial charge in [-0.15, -0.1) is 0 Å². The summed E-state index contributed by atoms with van der Waals surface area (Å²) in [6.07, 6.45) is 9.48. The van der Waals surface area contributed by atoms with Crippen molar-refractivity contribution in [1.82, 2.24) is 9.78 Å². The van der Waals surface area contributed by atoms with Crippen molar-refractivity contribution in [3.05, 3.63) is 99.5 Å². The third-order valence-corrected chi connectivity index (χ3v) is 6.72. The van der Waals surface area contributed by atoms with Crippen LogP contribution in [-0.2, 0) is 24.2 Å². The first-order valence-corrected chi connectivity index (χ1v) is 12.8. The van der Waals surface area contributed by atoms with Crippen molar-refractivity contribution >= 4 is 23.7 Å². The van der Waals surface area contributed by atoms with Crippen molar-refractivity contribution in [2.24, 2.45) is 5.73 Å². The van der Waals surface area contributed by atoms with Crippen LogP contribution in [0.25, 0.3) is 16.9 Å². The minimum Gasteiger partial charge on any atom is -0.329 e. The summed E-state index contributed by atoms with van der Waals surface area (Å²) >= 11 is 6.03. The fourth-order valence-electron chi connectivity index (χ4n) is 4.20. The summed E-state index contributed by atoms with van der Waals surface area (Å²) in [6.45, 7) is 8.56. The highest BCUT2D eigenvalue weighted by molar-refractivity contribution is 6.31. The molecule has 0 fully saturated rings. The lowest BCUT2D eigenvalue weighted by Crippen LogP contribution is -2.09. The van der Waals surface area contributed by atoms with Gasteiger partial charge in [0.15, 0.2) is 0 Å². The number of nitrogens with zero attached hydrogens (tertiary/aromatic N) is 2. The van der Waals surface area contributed by atoms with Gasteiger partial charge in [0, 0.05) is 28.4 Å². The molecule has 0 aliphatic heterocycles. The lowest BCUT2D eigenvalue weighted by atomic mass is 9.88. The number of hydrogen-bond acceptors (Lipinski definition) is 3. The smallest absolute Gasteiger partial charge is 0.211 e. The van der Waals surface area contributed by atoms with Crippen molar-refractivity contribution in [2.45, 2.75) is 53.5 Å². The van der Waals surface area contributed by atoms with E-state index in [0.29, 0.717) is 13.0 Å². The highest BCUT2D eigenvalue weighted by Gasteiger charge is 2.25. The van der Waals surface area contributed by atoms with Gasteiger partial charge in [0.05, 0.1) is 17.1 Å². The number of benzene rings is 2. The van der Waals surface area contributed by atoms with E-state index < -0.39 is 0 Å². The molecule has 5 nitrogen and oxygen atoms in total. The second-order valence-electron chi connectivity index (χ2n) is 8.87. The number of fused-ring (bicyclic) bond motifs is 3. The molecule has 7 heteroatoms. The van der Waals surface area contributed by atoms with E-state index >= 15 is 0 Å². The van der Waals surface area contributed by atoms with Gasteiger partial charge in [-0.25, -0.2) is 9.07 Å². The maximum absolute atomic E-state index is 13.3. The van der Waals surface area contributed by atoms with E-state index in [0.717, 1.165) is 58.2 Å². The van der Waals surface area contributed by atoms with Crippen LogP contribution >= 0.6 is 11.6 Å². The van der Waals surface area contributed by atoms with Crippen LogP contribution in [-0.4, -0.2) is 16.2 Å². The summed E-state index contributed by atoms with van der Waals surface area (Å²) in [6, 6.07) is 12.1. The van der Waals surface area contributed by atoms with Gasteiger partial charge in [0.2, 0.25) is 6.41 Å². The Labute approximate surface area is 223 Å². The highest BCUT2D eigenvalue weighted by Crippen LogP contribution is 2.38. The molecule has 1 aromatic heterocycles. The number of hydrogen-bond donors (Lipinski definition) is 2. The molecule has 1 aliphatic carbocycles. The highest BCUT2D eigenvalue weighted by atomic mass is 35.5. The molecule has 3 N–H and O–H groups in total. The fourth-order valence-corrected chi connectivity index (χ4v) is 4.51. The summed E-state index contributed by atoms with van der Waals surface area (Å²) < 4.78 is 15.1. The van der Waals surface area contributed by atoms with Gasteiger partial charge in [0.1, 0.15) is 5.82 Å². The van der Waals surface area contributed by atoms with Crippen LogP contribution in [0.5, 0.6) is 0 Å². The second kappa shape index (κ2) is 13.2. The number of nitrogens with one attached hydrogen (secondary N) is 1. The average Bonchev–Trinajstić information content (AvgIpc) is 3.28. The first-order valence-electron chi connectivity index (χ1n) is 12.4. The largest absolute Gasteiger partial charge is 0.329 e. The predicted molar refractivity (Wildman–Crippen MR) is 151 cm³/mol. The molecule has 0 unspecified atom stereocenters. The van der Waals surface area contributed by atoms with Gasteiger partial charge < -0.3 is 11.1 Å². The Morgan fingerprint density at radius 2 is 1.92 bits per heavy atom. The van der Waals surface area contributed by atoms with Crippen molar-refractivity contribution in [1.29, 1.82) is 0 Å². The third kappa shape index (κ3) is 6.85. The molecule has 0 atom stereocenters. The number of allylic oxidation sites excluding steroid dienone is 6. The monoisotopic (exact) mass is 520 g/mol. The van der Waals surface area contributed by atoms with Gasteiger partial charge in [-0.05, 0) is 93.6 Å². The van der Waals surface area contributed by atoms with Crippen LogP contribution in [0, 0.1) is 5.82 Å². The zero-order valence-corrected chi connectivity index (χ0v) is 22.6. The van der Waals surface area contributed by atoms with Crippen LogP contribution in [0.3, 0.4) is 0 Å². The minimum absolute atomic E-state index is 0.290. The molecule has 37 heavy (non-hydrogen) atoms. The molecule has 0 bridgehead atoms. The van der Waals surface area contributed by atoms with E-state index in [-0.39, 0.29) is 5.82 Å². The number of carbonyl (C=O) groups is 1. The molecular weight excluding hydrogens is 487 g/mol. The first kappa shape index (κ1) is 28.1. The van der Waals surface area contributed by atoms with E-state index in [2.05, 4.69) is 24.3 Å². The maximum atomic E-state index is 13.3. The number of carbonyl (C=O) groups excluding carboxylic acids is 1. The molecule has 0 saturated carbocycles. The third-order valence-electron chi connectivity index (χ3n) is 6.29. The summed E-state index contributed by atoms with van der Waals surface area (Å²) in [5.74, 6) is -0.290. The number of nitrogens with two attached hydrogens (primary N) is 1. The van der Waals surface area contributed by atoms with E-state index in [4.69, 9.17) is 17.3 Å². The van der Waals surface area contributed by atoms with E-state index in [1.807, 2.05) is 55.0 Å². The van der Waals surface area contributed by atoms with Crippen LogP contribution in [0.1, 0.15) is 50.9 Å². The number of halogens is 2. The fraction of sp³-hybridized carbons (Fsp3) is 0.267. The van der Waals surface area contributed by atoms with E-state index in [1.54, 1.807) is 12.1 Å². The standard InChI is InChI=1S/C19H17FN4O.C11H17Cl/c20-13-3-6-15(7-4-13)24-19-16(18(10-21)23-24)8-2-12-1-5-14(22-11-25)9-17(12)19;1-5-7-9(3)8-11(12)10(4)6-2/h1,3-7,9,11H,2,8,10,21H2,(H,22,25);5,7-8H,6H2,1-4H3/b;7-5-,9-8-,11-10-. The van der Waals surface area contributed by atoms with Crippen molar-refractivity contribution in [3.8, 4) is 16.9 Å². The summed E-state index contributed by atoms with van der Waals surface area (Å²) in [7, 11) is 0. The lowest BCUT2D eigenvalue weighted by molar-refractivity contribution is -0.105. The van der Waals surface area contributed by atoms with Gasteiger partial charge >= 0.3 is 0 Å². The molecule has 1 heterocycles. The Bertz CT molecular complexity index is 1340. The quantitative estimate of drug-likeness (QED) is 0.255. The second-order valence-corrected chi connectivity index (χ2v) is 9.28. The Kier molecular flexibility index (Phi) is 10.0. The topological polar surface area (TPSA) is 72.9 Å². The van der Waals surface area contributed by atoms with E-state index in [1.165, 1.54) is 28.8 Å². The number of amides is 1. The van der Waals surface area contributed by atoms with Crippen LogP contribution in [0.4, 0.5) is 10.1 Å². The zero-order chi connectivity index (χ0) is 26.9. The van der Waals surface area contributed by atoms with Crippen molar-refractivity contribution in [2.75, 3.05) is 5.32 Å². The SMILES string of the molecule is C\C=C/C(C)=C\C(Cl)=C(/C)CC.NCc1nn(-c2ccc(F)cc2)c2c1CCc1ccc(NC=O)cc1-2. The zero-order valence-electron chi connectivity index (χ0n) is 21.8. The molecule has 1 amide bonds. The normalized spacial score (nSPS) is 13.3. The summed E-state index contributed by atoms with van der Waals surface area (Å²) in [5, 5.41) is 8.22. The summed E-state index contributed by atoms with van der Waals surface area (Å²) in [4.78, 5) is 10.8. The Hall–Kier alpha value is -3.48. The number of aryl methyl sites for hydroxylation is 1. The van der Waals surface area contributed by atoms with Crippen LogP contribution in [0.15, 0.2) is 76.9 Å². The van der Waals surface area contributed by atoms with Gasteiger partial charge in [-0.3, -0.25) is 4.79 Å². The number of aromatic nitrogens is 2. The first-order chi connectivity index (χ1) is 17.8. The molecule has 1 aliphatic rings. The van der Waals surface area contributed by atoms with Crippen molar-refractivity contribution < 1.29 is 9.18 Å². The van der Waals surface area contributed by atoms with Gasteiger partial charge in [-0.2, -0.15) is 5.10 Å². The number of rotatable bonds is 7. The average molecular weight is 521 g/mol. The molecule has 2 aromatic carbocycles. The molecular formula is C30H34ClFN4O. The van der Waals surface area contributed by atoms with E-state index in [9.17, 15) is 9.18 Å². The van der Waals surface area contributed by atoms with Gasteiger partial charge in [0.25, 0.3) is 0 Å². The van der Waals surface area contributed by atoms with Crippen LogP contribution in [0.2, 0.25) is 0 Å². The Balaban J connectivity index is 0.000000270.